The lowest BCUT2D eigenvalue weighted by Gasteiger charge is -1.98. The number of cyclic esters (lactones) is 1. The predicted molar refractivity (Wildman–Crippen MR) is 95.3 cm³/mol. The molecule has 0 N–H and O–H groups in total. The van der Waals surface area contributed by atoms with Crippen LogP contribution in [0.2, 0.25) is 0 Å². The van der Waals surface area contributed by atoms with E-state index in [1.54, 1.807) is 12.2 Å². The highest BCUT2D eigenvalue weighted by Gasteiger charge is 2.23. The summed E-state index contributed by atoms with van der Waals surface area (Å²) in [7, 11) is 0. The summed E-state index contributed by atoms with van der Waals surface area (Å²) in [5.74, 6) is -0.0768. The molecule has 0 radical (unpaired) electrons. The fourth-order valence-corrected chi connectivity index (χ4v) is 2.31. The molecule has 0 bridgehead atoms. The highest BCUT2D eigenvalue weighted by molar-refractivity contribution is 14.1. The smallest absolute Gasteiger partial charge is 0.363 e. The lowest BCUT2D eigenvalue weighted by atomic mass is 10.2. The second-order valence-electron chi connectivity index (χ2n) is 4.64. The number of esters is 1. The number of ether oxygens (including phenoxy) is 1. The zero-order chi connectivity index (χ0) is 15.4. The van der Waals surface area contributed by atoms with Crippen LogP contribution in [0, 0.1) is 3.57 Å². The van der Waals surface area contributed by atoms with Crippen molar-refractivity contribution in [3.63, 3.8) is 0 Å². The first-order chi connectivity index (χ1) is 10.7. The highest BCUT2D eigenvalue weighted by atomic mass is 127. The molecule has 0 aromatic heterocycles. The molecule has 0 saturated heterocycles. The largest absolute Gasteiger partial charge is 0.402 e. The molecule has 0 aliphatic carbocycles. The molecule has 0 saturated carbocycles. The first kappa shape index (κ1) is 14.7. The Hall–Kier alpha value is -2.21. The second-order valence-corrected chi connectivity index (χ2v) is 5.88. The van der Waals surface area contributed by atoms with Gasteiger partial charge in [-0.3, -0.25) is 0 Å². The summed E-state index contributed by atoms with van der Waals surface area (Å²) in [6.07, 6.45) is 5.37. The van der Waals surface area contributed by atoms with Crippen LogP contribution in [0.25, 0.3) is 6.08 Å². The van der Waals surface area contributed by atoms with Crippen molar-refractivity contribution in [2.75, 3.05) is 0 Å². The Kier molecular flexibility index (Phi) is 4.48. The van der Waals surface area contributed by atoms with Gasteiger partial charge in [0, 0.05) is 9.13 Å². The number of halogens is 1. The molecule has 4 heteroatoms. The number of benzene rings is 2. The zero-order valence-electron chi connectivity index (χ0n) is 11.6. The summed E-state index contributed by atoms with van der Waals surface area (Å²) < 4.78 is 6.33. The van der Waals surface area contributed by atoms with Crippen molar-refractivity contribution in [3.8, 4) is 0 Å². The Labute approximate surface area is 142 Å². The number of hydrogen-bond acceptors (Lipinski definition) is 3. The molecule has 2 aromatic carbocycles. The minimum atomic E-state index is -0.425. The van der Waals surface area contributed by atoms with Crippen molar-refractivity contribution >= 4 is 40.5 Å². The van der Waals surface area contributed by atoms with Crippen molar-refractivity contribution in [3.05, 3.63) is 87.1 Å². The number of hydrogen-bond donors (Lipinski definition) is 0. The van der Waals surface area contributed by atoms with Crippen molar-refractivity contribution < 1.29 is 9.53 Å². The first-order valence-corrected chi connectivity index (χ1v) is 7.80. The van der Waals surface area contributed by atoms with Gasteiger partial charge in [0.1, 0.15) is 0 Å². The molecular weight excluding hydrogens is 389 g/mol. The summed E-state index contributed by atoms with van der Waals surface area (Å²) in [4.78, 5) is 16.1. The average molecular weight is 401 g/mol. The van der Waals surface area contributed by atoms with E-state index in [1.165, 1.54) is 0 Å². The van der Waals surface area contributed by atoms with E-state index in [-0.39, 0.29) is 0 Å². The van der Waals surface area contributed by atoms with Crippen molar-refractivity contribution in [2.24, 2.45) is 4.99 Å². The Morgan fingerprint density at radius 3 is 2.45 bits per heavy atom. The maximum atomic E-state index is 11.8. The number of allylic oxidation sites excluding steroid dienone is 2. The maximum Gasteiger partial charge on any atom is 0.363 e. The lowest BCUT2D eigenvalue weighted by Crippen LogP contribution is -2.05. The van der Waals surface area contributed by atoms with Gasteiger partial charge in [-0.2, -0.15) is 0 Å². The molecule has 3 nitrogen and oxygen atoms in total. The van der Waals surface area contributed by atoms with Crippen LogP contribution in [0.1, 0.15) is 11.1 Å². The van der Waals surface area contributed by atoms with Crippen LogP contribution in [-0.4, -0.2) is 11.9 Å². The Morgan fingerprint density at radius 1 is 1.00 bits per heavy atom. The molecule has 1 heterocycles. The SMILES string of the molecule is O=C1OC(c2ccc(I)cc2)=N/C1=C/C=C\c1ccccc1. The maximum absolute atomic E-state index is 11.8. The first-order valence-electron chi connectivity index (χ1n) is 6.72. The van der Waals surface area contributed by atoms with Gasteiger partial charge in [-0.15, -0.1) is 0 Å². The third-order valence-corrected chi connectivity index (χ3v) is 3.77. The van der Waals surface area contributed by atoms with Crippen molar-refractivity contribution in [1.29, 1.82) is 0 Å². The predicted octanol–water partition coefficient (Wildman–Crippen LogP) is 4.19. The van der Waals surface area contributed by atoms with Gasteiger partial charge in [0.2, 0.25) is 5.90 Å². The topological polar surface area (TPSA) is 38.7 Å². The van der Waals surface area contributed by atoms with E-state index in [4.69, 9.17) is 4.74 Å². The normalized spacial score (nSPS) is 16.1. The molecule has 108 valence electrons. The molecule has 0 atom stereocenters. The van der Waals surface area contributed by atoms with Gasteiger partial charge >= 0.3 is 5.97 Å². The third-order valence-electron chi connectivity index (χ3n) is 3.05. The molecule has 2 aromatic rings. The molecule has 0 unspecified atom stereocenters. The van der Waals surface area contributed by atoms with Gasteiger partial charge in [-0.1, -0.05) is 42.5 Å². The van der Waals surface area contributed by atoms with E-state index < -0.39 is 5.97 Å². The van der Waals surface area contributed by atoms with Crippen LogP contribution in [0.15, 0.2) is 77.4 Å². The van der Waals surface area contributed by atoms with E-state index in [9.17, 15) is 4.79 Å². The number of rotatable bonds is 3. The monoisotopic (exact) mass is 401 g/mol. The van der Waals surface area contributed by atoms with Crippen LogP contribution in [0.4, 0.5) is 0 Å². The van der Waals surface area contributed by atoms with Gasteiger partial charge in [-0.05, 0) is 58.5 Å². The van der Waals surface area contributed by atoms with Gasteiger partial charge in [0.05, 0.1) is 0 Å². The van der Waals surface area contributed by atoms with Crippen LogP contribution in [-0.2, 0) is 9.53 Å². The van der Waals surface area contributed by atoms with Crippen LogP contribution < -0.4 is 0 Å². The van der Waals surface area contributed by atoms with Gasteiger partial charge in [-0.25, -0.2) is 9.79 Å². The molecule has 22 heavy (non-hydrogen) atoms. The summed E-state index contributed by atoms with van der Waals surface area (Å²) >= 11 is 2.22. The lowest BCUT2D eigenvalue weighted by molar-refractivity contribution is -0.130. The summed E-state index contributed by atoms with van der Waals surface area (Å²) in [5, 5.41) is 0. The van der Waals surface area contributed by atoms with Crippen LogP contribution >= 0.6 is 22.6 Å². The number of carbonyl (C=O) groups is 1. The van der Waals surface area contributed by atoms with Crippen molar-refractivity contribution in [2.45, 2.75) is 0 Å². The minimum absolute atomic E-state index is 0.306. The van der Waals surface area contributed by atoms with Gasteiger partial charge < -0.3 is 4.74 Å². The standard InChI is InChI=1S/C18H12INO2/c19-15-11-9-14(10-12-15)17-20-16(18(21)22-17)8-4-7-13-5-2-1-3-6-13/h1-12H/b7-4-,16-8+. The number of aliphatic imine (C=N–C) groups is 1. The Morgan fingerprint density at radius 2 is 1.73 bits per heavy atom. The summed E-state index contributed by atoms with van der Waals surface area (Å²) in [6.45, 7) is 0. The molecule has 0 amide bonds. The van der Waals surface area contributed by atoms with Crippen LogP contribution in [0.3, 0.4) is 0 Å². The fourth-order valence-electron chi connectivity index (χ4n) is 1.95. The van der Waals surface area contributed by atoms with E-state index in [0.29, 0.717) is 11.6 Å². The van der Waals surface area contributed by atoms with Gasteiger partial charge in [0.25, 0.3) is 0 Å². The Balaban J connectivity index is 1.79. The highest BCUT2D eigenvalue weighted by Crippen LogP contribution is 2.17. The molecular formula is C18H12INO2. The Bertz CT molecular complexity index is 774. The van der Waals surface area contributed by atoms with E-state index in [2.05, 4.69) is 27.6 Å². The second kappa shape index (κ2) is 6.70. The molecule has 1 aliphatic heterocycles. The average Bonchev–Trinajstić information content (AvgIpc) is 2.90. The van der Waals surface area contributed by atoms with Crippen molar-refractivity contribution in [1.82, 2.24) is 0 Å². The van der Waals surface area contributed by atoms with Gasteiger partial charge in [0.15, 0.2) is 5.70 Å². The van der Waals surface area contributed by atoms with Crippen LogP contribution in [0.5, 0.6) is 0 Å². The molecule has 0 spiro atoms. The van der Waals surface area contributed by atoms with E-state index in [0.717, 1.165) is 14.7 Å². The third kappa shape index (κ3) is 3.51. The minimum Gasteiger partial charge on any atom is -0.402 e. The molecule has 1 aliphatic rings. The number of nitrogens with zero attached hydrogens (tertiary/aromatic N) is 1. The van der Waals surface area contributed by atoms with E-state index >= 15 is 0 Å². The number of carbonyl (C=O) groups excluding carboxylic acids is 1. The fraction of sp³-hybridized carbons (Fsp3) is 0. The zero-order valence-corrected chi connectivity index (χ0v) is 13.7. The molecule has 3 rings (SSSR count). The van der Waals surface area contributed by atoms with E-state index in [1.807, 2.05) is 60.7 Å². The summed E-state index contributed by atoms with van der Waals surface area (Å²) in [5.41, 5.74) is 2.16. The quantitative estimate of drug-likeness (QED) is 0.440. The molecule has 0 fully saturated rings. The summed E-state index contributed by atoms with van der Waals surface area (Å²) in [6, 6.07) is 17.5.